The first-order valence-corrected chi connectivity index (χ1v) is 6.13. The first kappa shape index (κ1) is 14.6. The second-order valence-electron chi connectivity index (χ2n) is 4.07. The Kier molecular flexibility index (Phi) is 6.73. The van der Waals surface area contributed by atoms with Crippen LogP contribution in [0.4, 0.5) is 0 Å². The minimum Gasteiger partial charge on any atom is -0.313 e. The molecular formula is C11H18Cl2N4. The molecule has 1 aromatic rings. The third-order valence-corrected chi connectivity index (χ3v) is 3.13. The van der Waals surface area contributed by atoms with Gasteiger partial charge in [-0.25, -0.2) is 4.98 Å². The summed E-state index contributed by atoms with van der Waals surface area (Å²) >= 11 is 5.92. The molecule has 4 nitrogen and oxygen atoms in total. The van der Waals surface area contributed by atoms with Crippen LogP contribution in [-0.2, 0) is 6.54 Å². The molecule has 0 aliphatic carbocycles. The van der Waals surface area contributed by atoms with Crippen LogP contribution < -0.4 is 10.6 Å². The summed E-state index contributed by atoms with van der Waals surface area (Å²) < 4.78 is 0. The monoisotopic (exact) mass is 276 g/mol. The van der Waals surface area contributed by atoms with Crippen LogP contribution >= 0.6 is 24.0 Å². The number of aromatic nitrogens is 2. The normalized spacial score (nSPS) is 19.7. The Hall–Kier alpha value is -0.420. The van der Waals surface area contributed by atoms with E-state index < -0.39 is 0 Å². The van der Waals surface area contributed by atoms with Crippen molar-refractivity contribution in [2.24, 2.45) is 0 Å². The third-order valence-electron chi connectivity index (χ3n) is 2.82. The highest BCUT2D eigenvalue weighted by Crippen LogP contribution is 2.09. The summed E-state index contributed by atoms with van der Waals surface area (Å²) in [6.45, 7) is 2.79. The number of halogens is 2. The van der Waals surface area contributed by atoms with E-state index in [0.29, 0.717) is 17.7 Å². The standard InChI is InChI=1S/C11H17ClN4.ClH/c12-11-10(15-5-6-16-11)8-13-7-9-3-1-2-4-14-9;/h5-6,9,13-14H,1-4,7-8H2;1H. The minimum absolute atomic E-state index is 0. The van der Waals surface area contributed by atoms with Crippen molar-refractivity contribution in [3.63, 3.8) is 0 Å². The molecule has 0 bridgehead atoms. The lowest BCUT2D eigenvalue weighted by Crippen LogP contribution is -2.41. The third kappa shape index (κ3) is 4.76. The maximum Gasteiger partial charge on any atom is 0.151 e. The lowest BCUT2D eigenvalue weighted by Gasteiger charge is -2.23. The highest BCUT2D eigenvalue weighted by atomic mass is 35.5. The average Bonchev–Trinajstić information content (AvgIpc) is 2.33. The summed E-state index contributed by atoms with van der Waals surface area (Å²) in [5.41, 5.74) is 0.819. The second kappa shape index (κ2) is 7.82. The number of hydrogen-bond donors (Lipinski definition) is 2. The summed E-state index contributed by atoms with van der Waals surface area (Å²) in [7, 11) is 0. The highest BCUT2D eigenvalue weighted by Gasteiger charge is 2.11. The molecular weight excluding hydrogens is 259 g/mol. The van der Waals surface area contributed by atoms with E-state index in [-0.39, 0.29) is 12.4 Å². The molecule has 0 aromatic carbocycles. The minimum atomic E-state index is 0. The Morgan fingerprint density at radius 1 is 1.35 bits per heavy atom. The van der Waals surface area contributed by atoms with Crippen LogP contribution in [0.15, 0.2) is 12.4 Å². The van der Waals surface area contributed by atoms with Gasteiger partial charge in [0.15, 0.2) is 5.15 Å². The average molecular weight is 277 g/mol. The number of nitrogens with one attached hydrogen (secondary N) is 2. The van der Waals surface area contributed by atoms with Gasteiger partial charge in [-0.1, -0.05) is 18.0 Å². The van der Waals surface area contributed by atoms with Gasteiger partial charge >= 0.3 is 0 Å². The van der Waals surface area contributed by atoms with Crippen molar-refractivity contribution in [3.05, 3.63) is 23.2 Å². The Balaban J connectivity index is 0.00000144. The van der Waals surface area contributed by atoms with E-state index in [4.69, 9.17) is 11.6 Å². The molecule has 0 radical (unpaired) electrons. The first-order chi connectivity index (χ1) is 7.86. The Labute approximate surface area is 113 Å². The van der Waals surface area contributed by atoms with Gasteiger partial charge in [0.25, 0.3) is 0 Å². The van der Waals surface area contributed by atoms with Crippen LogP contribution in [0.3, 0.4) is 0 Å². The van der Waals surface area contributed by atoms with Gasteiger partial charge in [-0.3, -0.25) is 4.98 Å². The zero-order valence-corrected chi connectivity index (χ0v) is 11.2. The molecule has 2 N–H and O–H groups in total. The summed E-state index contributed by atoms with van der Waals surface area (Å²) in [5, 5.41) is 7.34. The van der Waals surface area contributed by atoms with E-state index >= 15 is 0 Å². The molecule has 1 aliphatic heterocycles. The maximum atomic E-state index is 5.92. The molecule has 6 heteroatoms. The highest BCUT2D eigenvalue weighted by molar-refractivity contribution is 6.29. The van der Waals surface area contributed by atoms with Crippen molar-refractivity contribution >= 4 is 24.0 Å². The van der Waals surface area contributed by atoms with E-state index in [9.17, 15) is 0 Å². The quantitative estimate of drug-likeness (QED) is 0.881. The predicted molar refractivity (Wildman–Crippen MR) is 71.6 cm³/mol. The Bertz CT molecular complexity index is 329. The van der Waals surface area contributed by atoms with Gasteiger partial charge in [0.2, 0.25) is 0 Å². The van der Waals surface area contributed by atoms with Crippen molar-refractivity contribution in [3.8, 4) is 0 Å². The van der Waals surface area contributed by atoms with Crippen molar-refractivity contribution in [2.45, 2.75) is 31.8 Å². The van der Waals surface area contributed by atoms with Gasteiger partial charge < -0.3 is 10.6 Å². The molecule has 1 saturated heterocycles. The fourth-order valence-corrected chi connectivity index (χ4v) is 2.10. The number of nitrogens with zero attached hydrogens (tertiary/aromatic N) is 2. The summed E-state index contributed by atoms with van der Waals surface area (Å²) in [5.74, 6) is 0. The van der Waals surface area contributed by atoms with Crippen molar-refractivity contribution in [1.82, 2.24) is 20.6 Å². The first-order valence-electron chi connectivity index (χ1n) is 5.76. The predicted octanol–water partition coefficient (Wildman–Crippen LogP) is 1.78. The van der Waals surface area contributed by atoms with Gasteiger partial charge in [0.1, 0.15) is 0 Å². The molecule has 0 amide bonds. The van der Waals surface area contributed by atoms with Crippen LogP contribution in [-0.4, -0.2) is 29.1 Å². The molecule has 1 unspecified atom stereocenters. The van der Waals surface area contributed by atoms with Crippen molar-refractivity contribution < 1.29 is 0 Å². The van der Waals surface area contributed by atoms with Gasteiger partial charge in [0.05, 0.1) is 5.69 Å². The summed E-state index contributed by atoms with van der Waals surface area (Å²) in [6.07, 6.45) is 7.15. The van der Waals surface area contributed by atoms with Crippen LogP contribution in [0.2, 0.25) is 5.15 Å². The SMILES string of the molecule is Cl.Clc1nccnc1CNCC1CCCCN1. The number of rotatable bonds is 4. The summed E-state index contributed by atoms with van der Waals surface area (Å²) in [4.78, 5) is 8.18. The molecule has 1 aliphatic rings. The lowest BCUT2D eigenvalue weighted by atomic mass is 10.1. The van der Waals surface area contributed by atoms with E-state index in [1.807, 2.05) is 0 Å². The molecule has 2 rings (SSSR count). The smallest absolute Gasteiger partial charge is 0.151 e. The van der Waals surface area contributed by atoms with Gasteiger partial charge in [0, 0.05) is 31.5 Å². The lowest BCUT2D eigenvalue weighted by molar-refractivity contribution is 0.382. The molecule has 1 atom stereocenters. The fraction of sp³-hybridized carbons (Fsp3) is 0.636. The zero-order valence-electron chi connectivity index (χ0n) is 9.66. The van der Waals surface area contributed by atoms with Crippen molar-refractivity contribution in [2.75, 3.05) is 13.1 Å². The van der Waals surface area contributed by atoms with E-state index in [2.05, 4.69) is 20.6 Å². The molecule has 0 spiro atoms. The van der Waals surface area contributed by atoms with E-state index in [0.717, 1.165) is 18.8 Å². The van der Waals surface area contributed by atoms with E-state index in [1.54, 1.807) is 12.4 Å². The molecule has 96 valence electrons. The van der Waals surface area contributed by atoms with Gasteiger partial charge in [-0.15, -0.1) is 12.4 Å². The topological polar surface area (TPSA) is 49.8 Å². The molecule has 0 saturated carbocycles. The fourth-order valence-electron chi connectivity index (χ4n) is 1.93. The van der Waals surface area contributed by atoms with Crippen LogP contribution in [0.25, 0.3) is 0 Å². The number of piperidine rings is 1. The Morgan fingerprint density at radius 3 is 2.88 bits per heavy atom. The van der Waals surface area contributed by atoms with E-state index in [1.165, 1.54) is 19.3 Å². The summed E-state index contributed by atoms with van der Waals surface area (Å²) in [6, 6.07) is 0.587. The van der Waals surface area contributed by atoms with Crippen LogP contribution in [0.1, 0.15) is 25.0 Å². The molecule has 17 heavy (non-hydrogen) atoms. The van der Waals surface area contributed by atoms with Gasteiger partial charge in [-0.2, -0.15) is 0 Å². The van der Waals surface area contributed by atoms with Crippen LogP contribution in [0.5, 0.6) is 0 Å². The number of hydrogen-bond acceptors (Lipinski definition) is 4. The largest absolute Gasteiger partial charge is 0.313 e. The molecule has 1 fully saturated rings. The zero-order chi connectivity index (χ0) is 11.2. The molecule has 1 aromatic heterocycles. The van der Waals surface area contributed by atoms with Crippen LogP contribution in [0, 0.1) is 0 Å². The van der Waals surface area contributed by atoms with Gasteiger partial charge in [-0.05, 0) is 19.4 Å². The second-order valence-corrected chi connectivity index (χ2v) is 4.43. The van der Waals surface area contributed by atoms with Crippen molar-refractivity contribution in [1.29, 1.82) is 0 Å². The molecule has 2 heterocycles. The maximum absolute atomic E-state index is 5.92. The Morgan fingerprint density at radius 2 is 2.18 bits per heavy atom.